The maximum atomic E-state index is 13.3. The van der Waals surface area contributed by atoms with Crippen molar-refractivity contribution >= 4 is 11.6 Å². The molecule has 0 fully saturated rings. The largest absolute Gasteiger partial charge is 0.417 e. The molecule has 2 nitrogen and oxygen atoms in total. The average molecular weight is 317 g/mol. The van der Waals surface area contributed by atoms with E-state index in [9.17, 15) is 17.6 Å². The van der Waals surface area contributed by atoms with Gasteiger partial charge >= 0.3 is 6.18 Å². The fourth-order valence-electron chi connectivity index (χ4n) is 2.46. The van der Waals surface area contributed by atoms with Gasteiger partial charge in [-0.25, -0.2) is 14.4 Å². The Morgan fingerprint density at radius 3 is 2.57 bits per heavy atom. The molecule has 1 aromatic heterocycles. The number of fused-ring (bicyclic) bond motifs is 1. The van der Waals surface area contributed by atoms with Crippen molar-refractivity contribution < 1.29 is 17.6 Å². The summed E-state index contributed by atoms with van der Waals surface area (Å²) in [6.45, 7) is 0. The first-order valence-corrected chi connectivity index (χ1v) is 6.66. The number of rotatable bonds is 1. The van der Waals surface area contributed by atoms with Crippen LogP contribution in [0.3, 0.4) is 0 Å². The minimum atomic E-state index is -4.61. The van der Waals surface area contributed by atoms with E-state index >= 15 is 0 Å². The first-order chi connectivity index (χ1) is 9.86. The van der Waals surface area contributed by atoms with Crippen LogP contribution in [-0.2, 0) is 19.0 Å². The molecular weight excluding hydrogens is 308 g/mol. The third-order valence-corrected chi connectivity index (χ3v) is 3.72. The molecule has 2 aromatic rings. The Balaban J connectivity index is 2.21. The van der Waals surface area contributed by atoms with E-state index in [1.54, 1.807) is 0 Å². The summed E-state index contributed by atoms with van der Waals surface area (Å²) in [5.41, 5.74) is 0.0461. The van der Waals surface area contributed by atoms with Crippen LogP contribution in [0.5, 0.6) is 0 Å². The van der Waals surface area contributed by atoms with E-state index in [0.29, 0.717) is 24.6 Å². The summed E-state index contributed by atoms with van der Waals surface area (Å²) in [4.78, 5) is 8.06. The summed E-state index contributed by atoms with van der Waals surface area (Å²) in [6.07, 6.45) is -2.43. The van der Waals surface area contributed by atoms with Gasteiger partial charge < -0.3 is 0 Å². The molecule has 3 rings (SSSR count). The molecule has 0 bridgehead atoms. The van der Waals surface area contributed by atoms with Crippen molar-refractivity contribution in [2.75, 3.05) is 0 Å². The molecule has 110 valence electrons. The zero-order valence-electron chi connectivity index (χ0n) is 10.6. The number of aromatic nitrogens is 2. The molecule has 0 spiro atoms. The molecule has 21 heavy (non-hydrogen) atoms. The van der Waals surface area contributed by atoms with E-state index in [2.05, 4.69) is 9.97 Å². The third-order valence-electron chi connectivity index (χ3n) is 3.41. The minimum Gasteiger partial charge on any atom is -0.233 e. The molecule has 0 amide bonds. The lowest BCUT2D eigenvalue weighted by Gasteiger charge is -2.13. The smallest absolute Gasteiger partial charge is 0.233 e. The molecule has 0 N–H and O–H groups in total. The predicted molar refractivity (Wildman–Crippen MR) is 69.5 cm³/mol. The third kappa shape index (κ3) is 2.60. The Hall–Kier alpha value is -1.69. The van der Waals surface area contributed by atoms with E-state index in [0.717, 1.165) is 24.1 Å². The molecule has 1 aliphatic rings. The number of alkyl halides is 3. The van der Waals surface area contributed by atoms with Gasteiger partial charge in [0.1, 0.15) is 11.0 Å². The lowest BCUT2D eigenvalue weighted by atomic mass is 10.1. The Bertz CT molecular complexity index is 713. The van der Waals surface area contributed by atoms with E-state index in [4.69, 9.17) is 11.6 Å². The molecule has 0 unspecified atom stereocenters. The van der Waals surface area contributed by atoms with E-state index in [1.807, 2.05) is 0 Å². The van der Waals surface area contributed by atoms with Gasteiger partial charge in [-0.15, -0.1) is 0 Å². The van der Waals surface area contributed by atoms with E-state index in [-0.39, 0.29) is 16.5 Å². The van der Waals surface area contributed by atoms with Crippen LogP contribution in [0, 0.1) is 5.82 Å². The monoisotopic (exact) mass is 316 g/mol. The number of nitrogens with zero attached hydrogens (tertiary/aromatic N) is 2. The molecule has 0 radical (unpaired) electrons. The topological polar surface area (TPSA) is 25.8 Å². The van der Waals surface area contributed by atoms with Crippen molar-refractivity contribution in [2.24, 2.45) is 0 Å². The van der Waals surface area contributed by atoms with Crippen LogP contribution in [0.15, 0.2) is 18.2 Å². The van der Waals surface area contributed by atoms with Gasteiger partial charge in [-0.2, -0.15) is 13.2 Å². The number of hydrogen-bond donors (Lipinski definition) is 0. The van der Waals surface area contributed by atoms with Crippen LogP contribution in [0.2, 0.25) is 5.15 Å². The van der Waals surface area contributed by atoms with Crippen LogP contribution in [0.1, 0.15) is 23.2 Å². The van der Waals surface area contributed by atoms with Gasteiger partial charge in [0.15, 0.2) is 5.82 Å². The Labute approximate surface area is 122 Å². The van der Waals surface area contributed by atoms with Crippen LogP contribution >= 0.6 is 11.6 Å². The second-order valence-electron chi connectivity index (χ2n) is 4.80. The standard InChI is InChI=1S/C14H9ClF4N2/c15-12-8-2-1-3-11(8)20-13(21-12)9-6-7(16)4-5-10(9)14(17,18)19/h4-6H,1-3H2. The van der Waals surface area contributed by atoms with Crippen LogP contribution in [-0.4, -0.2) is 9.97 Å². The van der Waals surface area contributed by atoms with Gasteiger partial charge in [0.25, 0.3) is 0 Å². The molecule has 0 atom stereocenters. The highest BCUT2D eigenvalue weighted by molar-refractivity contribution is 6.30. The molecule has 0 saturated heterocycles. The fraction of sp³-hybridized carbons (Fsp3) is 0.286. The van der Waals surface area contributed by atoms with Gasteiger partial charge in [-0.1, -0.05) is 11.6 Å². The lowest BCUT2D eigenvalue weighted by Crippen LogP contribution is -2.09. The normalized spacial score (nSPS) is 14.3. The molecule has 1 heterocycles. The van der Waals surface area contributed by atoms with Crippen molar-refractivity contribution in [3.05, 3.63) is 46.0 Å². The Morgan fingerprint density at radius 1 is 1.10 bits per heavy atom. The SMILES string of the molecule is Fc1ccc(C(F)(F)F)c(-c2nc(Cl)c3c(n2)CCC3)c1. The van der Waals surface area contributed by atoms with Crippen molar-refractivity contribution in [3.63, 3.8) is 0 Å². The minimum absolute atomic E-state index is 0.143. The number of aryl methyl sites for hydroxylation is 1. The van der Waals surface area contributed by atoms with Gasteiger partial charge in [-0.05, 0) is 37.5 Å². The highest BCUT2D eigenvalue weighted by Crippen LogP contribution is 2.37. The maximum absolute atomic E-state index is 13.3. The second kappa shape index (κ2) is 4.94. The number of hydrogen-bond acceptors (Lipinski definition) is 2. The van der Waals surface area contributed by atoms with Crippen molar-refractivity contribution in [2.45, 2.75) is 25.4 Å². The Kier molecular flexibility index (Phi) is 3.36. The summed E-state index contributed by atoms with van der Waals surface area (Å²) in [5.74, 6) is -0.967. The van der Waals surface area contributed by atoms with Crippen LogP contribution in [0.25, 0.3) is 11.4 Å². The summed E-state index contributed by atoms with van der Waals surface area (Å²) in [7, 11) is 0. The number of halogens is 5. The highest BCUT2D eigenvalue weighted by Gasteiger charge is 2.35. The maximum Gasteiger partial charge on any atom is 0.417 e. The zero-order valence-corrected chi connectivity index (χ0v) is 11.4. The summed E-state index contributed by atoms with van der Waals surface area (Å²) < 4.78 is 52.4. The lowest BCUT2D eigenvalue weighted by molar-refractivity contribution is -0.137. The summed E-state index contributed by atoms with van der Waals surface area (Å²) >= 11 is 6.00. The zero-order chi connectivity index (χ0) is 15.2. The predicted octanol–water partition coefficient (Wildman–Crippen LogP) is 4.44. The van der Waals surface area contributed by atoms with E-state index in [1.165, 1.54) is 0 Å². The summed E-state index contributed by atoms with van der Waals surface area (Å²) in [5, 5.41) is 0.143. The van der Waals surface area contributed by atoms with Crippen LogP contribution < -0.4 is 0 Å². The average Bonchev–Trinajstić information content (AvgIpc) is 2.86. The Morgan fingerprint density at radius 2 is 1.86 bits per heavy atom. The van der Waals surface area contributed by atoms with Crippen LogP contribution in [0.4, 0.5) is 17.6 Å². The molecular formula is C14H9ClF4N2. The molecule has 1 aliphatic carbocycles. The molecule has 7 heteroatoms. The van der Waals surface area contributed by atoms with Crippen molar-refractivity contribution in [1.29, 1.82) is 0 Å². The highest BCUT2D eigenvalue weighted by atomic mass is 35.5. The van der Waals surface area contributed by atoms with E-state index < -0.39 is 17.6 Å². The fourth-order valence-corrected chi connectivity index (χ4v) is 2.74. The van der Waals surface area contributed by atoms with Crippen molar-refractivity contribution in [1.82, 2.24) is 9.97 Å². The molecule has 0 saturated carbocycles. The second-order valence-corrected chi connectivity index (χ2v) is 5.16. The van der Waals surface area contributed by atoms with Gasteiger partial charge in [-0.3, -0.25) is 0 Å². The van der Waals surface area contributed by atoms with Gasteiger partial charge in [0.05, 0.1) is 5.56 Å². The quantitative estimate of drug-likeness (QED) is 0.574. The molecule has 0 aliphatic heterocycles. The van der Waals surface area contributed by atoms with Gasteiger partial charge in [0.2, 0.25) is 0 Å². The molecule has 1 aromatic carbocycles. The summed E-state index contributed by atoms with van der Waals surface area (Å²) in [6, 6.07) is 2.24. The first-order valence-electron chi connectivity index (χ1n) is 6.28. The number of benzene rings is 1. The first kappa shape index (κ1) is 14.3. The van der Waals surface area contributed by atoms with Crippen molar-refractivity contribution in [3.8, 4) is 11.4 Å². The van der Waals surface area contributed by atoms with Gasteiger partial charge in [0, 0.05) is 16.8 Å².